The fraction of sp³-hybridized carbons (Fsp3) is 0.647. The van der Waals surface area contributed by atoms with Gasteiger partial charge in [0.25, 0.3) is 0 Å². The number of rotatable bonds is 3. The lowest BCUT2D eigenvalue weighted by Crippen LogP contribution is -2.52. The molecule has 0 saturated carbocycles. The SMILES string of the molecule is COc1cc(N2CCC(N3CCNCC3)CC2)c(C)cc1N. The van der Waals surface area contributed by atoms with Crippen LogP contribution in [0, 0.1) is 6.92 Å². The third-order valence-electron chi connectivity index (χ3n) is 5.02. The van der Waals surface area contributed by atoms with E-state index >= 15 is 0 Å². The minimum absolute atomic E-state index is 0.722. The molecule has 0 aromatic heterocycles. The summed E-state index contributed by atoms with van der Waals surface area (Å²) >= 11 is 0. The summed E-state index contributed by atoms with van der Waals surface area (Å²) in [6, 6.07) is 4.86. The first kappa shape index (κ1) is 15.4. The minimum Gasteiger partial charge on any atom is -0.495 e. The third-order valence-corrected chi connectivity index (χ3v) is 5.02. The maximum Gasteiger partial charge on any atom is 0.143 e. The zero-order chi connectivity index (χ0) is 15.5. The highest BCUT2D eigenvalue weighted by atomic mass is 16.5. The molecule has 3 N–H and O–H groups in total. The van der Waals surface area contributed by atoms with Gasteiger partial charge in [-0.3, -0.25) is 4.90 Å². The Kier molecular flexibility index (Phi) is 4.74. The zero-order valence-electron chi connectivity index (χ0n) is 13.8. The highest BCUT2D eigenvalue weighted by Crippen LogP contribution is 2.33. The van der Waals surface area contributed by atoms with Gasteiger partial charge in [-0.15, -0.1) is 0 Å². The molecule has 0 aliphatic carbocycles. The molecule has 0 radical (unpaired) electrons. The van der Waals surface area contributed by atoms with E-state index in [1.807, 2.05) is 6.07 Å². The van der Waals surface area contributed by atoms with E-state index in [0.717, 1.165) is 43.7 Å². The number of aryl methyl sites for hydroxylation is 1. The number of benzene rings is 1. The van der Waals surface area contributed by atoms with Crippen molar-refractivity contribution in [2.75, 3.05) is 57.0 Å². The largest absolute Gasteiger partial charge is 0.495 e. The first-order valence-corrected chi connectivity index (χ1v) is 8.33. The molecule has 2 heterocycles. The van der Waals surface area contributed by atoms with E-state index < -0.39 is 0 Å². The van der Waals surface area contributed by atoms with E-state index in [1.165, 1.54) is 37.2 Å². The number of nitrogens with one attached hydrogen (secondary N) is 1. The molecule has 0 spiro atoms. The molecule has 22 heavy (non-hydrogen) atoms. The van der Waals surface area contributed by atoms with E-state index in [1.54, 1.807) is 7.11 Å². The Morgan fingerprint density at radius 2 is 1.82 bits per heavy atom. The van der Waals surface area contributed by atoms with Gasteiger partial charge in [0.05, 0.1) is 12.8 Å². The molecule has 2 aliphatic heterocycles. The molecule has 0 bridgehead atoms. The fourth-order valence-corrected chi connectivity index (χ4v) is 3.74. The number of nitrogen functional groups attached to an aromatic ring is 1. The number of anilines is 2. The summed E-state index contributed by atoms with van der Waals surface area (Å²) in [6.07, 6.45) is 2.48. The molecule has 5 heteroatoms. The van der Waals surface area contributed by atoms with Gasteiger partial charge in [-0.05, 0) is 31.4 Å². The standard InChI is InChI=1S/C17H28N4O/c1-13-11-15(18)17(22-2)12-16(13)21-7-3-14(4-8-21)20-9-5-19-6-10-20/h11-12,14,19H,3-10,18H2,1-2H3. The van der Waals surface area contributed by atoms with Crippen LogP contribution in [0.15, 0.2) is 12.1 Å². The summed E-state index contributed by atoms with van der Waals surface area (Å²) < 4.78 is 5.38. The molecule has 0 unspecified atom stereocenters. The third kappa shape index (κ3) is 3.15. The van der Waals surface area contributed by atoms with Crippen LogP contribution < -0.4 is 20.7 Å². The van der Waals surface area contributed by atoms with Crippen LogP contribution in [0.5, 0.6) is 5.75 Å². The smallest absolute Gasteiger partial charge is 0.143 e. The lowest BCUT2D eigenvalue weighted by molar-refractivity contribution is 0.150. The summed E-state index contributed by atoms with van der Waals surface area (Å²) in [6.45, 7) is 9.01. The Hall–Kier alpha value is -1.46. The van der Waals surface area contributed by atoms with Crippen LogP contribution in [0.25, 0.3) is 0 Å². The summed E-state index contributed by atoms with van der Waals surface area (Å²) in [7, 11) is 1.68. The van der Waals surface area contributed by atoms with Crippen LogP contribution in [0.1, 0.15) is 18.4 Å². The van der Waals surface area contributed by atoms with E-state index in [4.69, 9.17) is 10.5 Å². The molecule has 2 aliphatic rings. The predicted molar refractivity (Wildman–Crippen MR) is 91.8 cm³/mol. The molecule has 0 atom stereocenters. The molecule has 3 rings (SSSR count). The van der Waals surface area contributed by atoms with Crippen molar-refractivity contribution in [2.45, 2.75) is 25.8 Å². The monoisotopic (exact) mass is 304 g/mol. The lowest BCUT2D eigenvalue weighted by Gasteiger charge is -2.41. The quantitative estimate of drug-likeness (QED) is 0.828. The average molecular weight is 304 g/mol. The van der Waals surface area contributed by atoms with Gasteiger partial charge in [-0.1, -0.05) is 0 Å². The van der Waals surface area contributed by atoms with Crippen molar-refractivity contribution < 1.29 is 4.74 Å². The summed E-state index contributed by atoms with van der Waals surface area (Å²) in [5, 5.41) is 3.44. The van der Waals surface area contributed by atoms with E-state index in [9.17, 15) is 0 Å². The second-order valence-corrected chi connectivity index (χ2v) is 6.38. The number of methoxy groups -OCH3 is 1. The fourth-order valence-electron chi connectivity index (χ4n) is 3.74. The Morgan fingerprint density at radius 3 is 2.45 bits per heavy atom. The van der Waals surface area contributed by atoms with Crippen molar-refractivity contribution in [1.82, 2.24) is 10.2 Å². The van der Waals surface area contributed by atoms with Crippen LogP contribution in [-0.4, -0.2) is 57.3 Å². The normalized spacial score (nSPS) is 21.1. The van der Waals surface area contributed by atoms with E-state index in [0.29, 0.717) is 0 Å². The van der Waals surface area contributed by atoms with Gasteiger partial charge >= 0.3 is 0 Å². The molecule has 2 saturated heterocycles. The van der Waals surface area contributed by atoms with Gasteiger partial charge in [0.1, 0.15) is 5.75 Å². The van der Waals surface area contributed by atoms with Crippen LogP contribution >= 0.6 is 0 Å². The van der Waals surface area contributed by atoms with Crippen molar-refractivity contribution >= 4 is 11.4 Å². The number of hydrogen-bond donors (Lipinski definition) is 2. The second-order valence-electron chi connectivity index (χ2n) is 6.38. The Morgan fingerprint density at radius 1 is 1.14 bits per heavy atom. The van der Waals surface area contributed by atoms with Crippen molar-refractivity contribution in [3.8, 4) is 5.75 Å². The molecular weight excluding hydrogens is 276 g/mol. The second kappa shape index (κ2) is 6.75. The highest BCUT2D eigenvalue weighted by molar-refractivity contribution is 5.66. The van der Waals surface area contributed by atoms with E-state index in [2.05, 4.69) is 28.1 Å². The molecule has 0 amide bonds. The van der Waals surface area contributed by atoms with Crippen molar-refractivity contribution in [2.24, 2.45) is 0 Å². The zero-order valence-corrected chi connectivity index (χ0v) is 13.8. The average Bonchev–Trinajstić information content (AvgIpc) is 2.56. The maximum absolute atomic E-state index is 5.99. The minimum atomic E-state index is 0.722. The van der Waals surface area contributed by atoms with E-state index in [-0.39, 0.29) is 0 Å². The van der Waals surface area contributed by atoms with Crippen LogP contribution in [-0.2, 0) is 0 Å². The van der Waals surface area contributed by atoms with Crippen molar-refractivity contribution in [1.29, 1.82) is 0 Å². The van der Waals surface area contributed by atoms with Crippen molar-refractivity contribution in [3.63, 3.8) is 0 Å². The highest BCUT2D eigenvalue weighted by Gasteiger charge is 2.26. The molecule has 2 fully saturated rings. The predicted octanol–water partition coefficient (Wildman–Crippen LogP) is 1.46. The summed E-state index contributed by atoms with van der Waals surface area (Å²) in [4.78, 5) is 5.14. The lowest BCUT2D eigenvalue weighted by atomic mass is 10.0. The van der Waals surface area contributed by atoms with Crippen molar-refractivity contribution in [3.05, 3.63) is 17.7 Å². The van der Waals surface area contributed by atoms with Crippen LogP contribution in [0.4, 0.5) is 11.4 Å². The van der Waals surface area contributed by atoms with Gasteiger partial charge in [0, 0.05) is 57.1 Å². The number of hydrogen-bond acceptors (Lipinski definition) is 5. The number of ether oxygens (including phenoxy) is 1. The van der Waals surface area contributed by atoms with Gasteiger partial charge in [-0.2, -0.15) is 0 Å². The first-order valence-electron chi connectivity index (χ1n) is 8.33. The molecule has 122 valence electrons. The topological polar surface area (TPSA) is 53.8 Å². The van der Waals surface area contributed by atoms with Gasteiger partial charge < -0.3 is 20.7 Å². The molecule has 1 aromatic rings. The first-order chi connectivity index (χ1) is 10.7. The summed E-state index contributed by atoms with van der Waals surface area (Å²) in [5.41, 5.74) is 9.22. The number of nitrogens with zero attached hydrogens (tertiary/aromatic N) is 2. The maximum atomic E-state index is 5.99. The molecular formula is C17H28N4O. The number of nitrogens with two attached hydrogens (primary N) is 1. The summed E-state index contributed by atoms with van der Waals surface area (Å²) in [5.74, 6) is 0.782. The number of piperazine rings is 1. The molecule has 1 aromatic carbocycles. The number of piperidine rings is 1. The van der Waals surface area contributed by atoms with Gasteiger partial charge in [0.2, 0.25) is 0 Å². The van der Waals surface area contributed by atoms with Gasteiger partial charge in [-0.25, -0.2) is 0 Å². The molecule has 5 nitrogen and oxygen atoms in total. The van der Waals surface area contributed by atoms with Crippen LogP contribution in [0.3, 0.4) is 0 Å². The Bertz CT molecular complexity index is 506. The Labute approximate surface area is 133 Å². The van der Waals surface area contributed by atoms with Gasteiger partial charge in [0.15, 0.2) is 0 Å². The Balaban J connectivity index is 1.66. The van der Waals surface area contributed by atoms with Crippen LogP contribution in [0.2, 0.25) is 0 Å².